The minimum atomic E-state index is -0.805. The second-order valence-electron chi connectivity index (χ2n) is 7.50. The molecule has 0 fully saturated rings. The molecule has 0 atom stereocenters. The van der Waals surface area contributed by atoms with Crippen molar-refractivity contribution in [1.82, 2.24) is 24.9 Å². The van der Waals surface area contributed by atoms with Gasteiger partial charge in [0.05, 0.1) is 11.1 Å². The lowest BCUT2D eigenvalue weighted by Crippen LogP contribution is -2.30. The van der Waals surface area contributed by atoms with Gasteiger partial charge >= 0.3 is 5.69 Å². The first-order chi connectivity index (χ1) is 14.7. The fourth-order valence-electron chi connectivity index (χ4n) is 3.33. The summed E-state index contributed by atoms with van der Waals surface area (Å²) < 4.78 is 6.50. The molecule has 10 heteroatoms. The summed E-state index contributed by atoms with van der Waals surface area (Å²) >= 11 is 13.1. The minimum Gasteiger partial charge on any atom is -0.334 e. The molecular weight excluding hydrogens is 441 g/mol. The standard InChI is InChI=1S/C21H17Cl2N5O3/c1-11-6-4-5-7-13(11)18-26-19(27-31-18)21(2,3)17-14(22)8-12(9-15(17)23)28-20(30)25-16(29)10-24-28/h4-10H,1-3H3,(H,25,29,30). The van der Waals surface area contributed by atoms with Crippen LogP contribution in [0.25, 0.3) is 17.1 Å². The first-order valence-corrected chi connectivity index (χ1v) is 10.0. The molecule has 1 N–H and O–H groups in total. The largest absolute Gasteiger partial charge is 0.349 e. The molecule has 2 aromatic carbocycles. The first-order valence-electron chi connectivity index (χ1n) is 9.27. The molecule has 2 aromatic heterocycles. The normalized spacial score (nSPS) is 11.6. The number of benzene rings is 2. The van der Waals surface area contributed by atoms with E-state index >= 15 is 0 Å². The molecule has 0 amide bonds. The lowest BCUT2D eigenvalue weighted by Gasteiger charge is -2.24. The van der Waals surface area contributed by atoms with Crippen LogP contribution in [-0.4, -0.2) is 24.9 Å². The maximum atomic E-state index is 12.1. The van der Waals surface area contributed by atoms with Crippen molar-refractivity contribution in [2.24, 2.45) is 0 Å². The van der Waals surface area contributed by atoms with Crippen LogP contribution in [0, 0.1) is 6.92 Å². The summed E-state index contributed by atoms with van der Waals surface area (Å²) in [5.41, 5.74) is 0.618. The summed E-state index contributed by atoms with van der Waals surface area (Å²) in [5, 5.41) is 8.56. The summed E-state index contributed by atoms with van der Waals surface area (Å²) in [4.78, 5) is 30.0. The van der Waals surface area contributed by atoms with Crippen molar-refractivity contribution < 1.29 is 4.52 Å². The van der Waals surface area contributed by atoms with Gasteiger partial charge in [0.2, 0.25) is 0 Å². The number of rotatable bonds is 4. The molecule has 0 radical (unpaired) electrons. The Hall–Kier alpha value is -3.23. The lowest BCUT2D eigenvalue weighted by molar-refractivity contribution is 0.408. The van der Waals surface area contributed by atoms with Crippen LogP contribution in [0.3, 0.4) is 0 Å². The van der Waals surface area contributed by atoms with Crippen molar-refractivity contribution in [2.45, 2.75) is 26.2 Å². The van der Waals surface area contributed by atoms with Crippen molar-refractivity contribution in [3.63, 3.8) is 0 Å². The van der Waals surface area contributed by atoms with E-state index < -0.39 is 16.7 Å². The van der Waals surface area contributed by atoms with Gasteiger partial charge in [-0.25, -0.2) is 4.79 Å². The third-order valence-electron chi connectivity index (χ3n) is 4.97. The van der Waals surface area contributed by atoms with E-state index in [4.69, 9.17) is 27.7 Å². The van der Waals surface area contributed by atoms with Gasteiger partial charge in [-0.2, -0.15) is 14.8 Å². The Balaban J connectivity index is 1.78. The van der Waals surface area contributed by atoms with Gasteiger partial charge in [0.1, 0.15) is 6.20 Å². The van der Waals surface area contributed by atoms with Crippen LogP contribution < -0.4 is 11.2 Å². The van der Waals surface area contributed by atoms with E-state index in [0.29, 0.717) is 23.0 Å². The van der Waals surface area contributed by atoms with Gasteiger partial charge in [0.15, 0.2) is 5.82 Å². The zero-order valence-corrected chi connectivity index (χ0v) is 18.3. The van der Waals surface area contributed by atoms with Gasteiger partial charge in [-0.1, -0.05) is 46.6 Å². The number of nitrogens with zero attached hydrogens (tertiary/aromatic N) is 4. The van der Waals surface area contributed by atoms with Crippen molar-refractivity contribution in [2.75, 3.05) is 0 Å². The number of halogens is 2. The molecule has 4 aromatic rings. The quantitative estimate of drug-likeness (QED) is 0.497. The number of hydrogen-bond acceptors (Lipinski definition) is 6. The molecule has 2 heterocycles. The number of aromatic nitrogens is 5. The second-order valence-corrected chi connectivity index (χ2v) is 8.31. The zero-order valence-electron chi connectivity index (χ0n) is 16.8. The molecule has 0 spiro atoms. The predicted molar refractivity (Wildman–Crippen MR) is 117 cm³/mol. The summed E-state index contributed by atoms with van der Waals surface area (Å²) in [5.74, 6) is 0.802. The van der Waals surface area contributed by atoms with E-state index in [9.17, 15) is 9.59 Å². The third kappa shape index (κ3) is 3.80. The van der Waals surface area contributed by atoms with Gasteiger partial charge in [-0.05, 0) is 44.5 Å². The molecule has 0 saturated carbocycles. The summed E-state index contributed by atoms with van der Waals surface area (Å²) in [6.45, 7) is 5.71. The molecule has 8 nitrogen and oxygen atoms in total. The predicted octanol–water partition coefficient (Wildman–Crippen LogP) is 3.91. The minimum absolute atomic E-state index is 0.287. The average molecular weight is 458 g/mol. The average Bonchev–Trinajstić information content (AvgIpc) is 3.18. The highest BCUT2D eigenvalue weighted by atomic mass is 35.5. The third-order valence-corrected chi connectivity index (χ3v) is 5.57. The van der Waals surface area contributed by atoms with E-state index in [0.717, 1.165) is 22.0 Å². The van der Waals surface area contributed by atoms with E-state index in [2.05, 4.69) is 20.2 Å². The first kappa shape index (κ1) is 21.0. The van der Waals surface area contributed by atoms with E-state index in [1.807, 2.05) is 45.0 Å². The van der Waals surface area contributed by atoms with Crippen molar-refractivity contribution in [3.05, 3.63) is 90.4 Å². The van der Waals surface area contributed by atoms with Crippen LogP contribution >= 0.6 is 23.2 Å². The van der Waals surface area contributed by atoms with Crippen molar-refractivity contribution in [3.8, 4) is 17.1 Å². The van der Waals surface area contributed by atoms with Crippen LogP contribution in [0.1, 0.15) is 30.8 Å². The number of nitrogens with one attached hydrogen (secondary N) is 1. The van der Waals surface area contributed by atoms with Crippen LogP contribution in [0.2, 0.25) is 10.0 Å². The van der Waals surface area contributed by atoms with E-state index in [1.165, 1.54) is 0 Å². The number of H-pyrrole nitrogens is 1. The molecule has 0 aliphatic carbocycles. The van der Waals surface area contributed by atoms with Gasteiger partial charge in [-0.15, -0.1) is 0 Å². The molecule has 0 bridgehead atoms. The lowest BCUT2D eigenvalue weighted by atomic mass is 9.83. The van der Waals surface area contributed by atoms with E-state index in [1.54, 1.807) is 12.1 Å². The van der Waals surface area contributed by atoms with Crippen LogP contribution in [-0.2, 0) is 5.41 Å². The molecule has 0 aliphatic heterocycles. The number of aryl methyl sites for hydroxylation is 1. The second kappa shape index (κ2) is 7.79. The summed E-state index contributed by atoms with van der Waals surface area (Å²) in [6, 6.07) is 10.8. The highest BCUT2D eigenvalue weighted by Gasteiger charge is 2.34. The van der Waals surface area contributed by atoms with Gasteiger partial charge in [0, 0.05) is 21.2 Å². The van der Waals surface area contributed by atoms with Gasteiger partial charge in [0.25, 0.3) is 11.4 Å². The Bertz CT molecular complexity index is 1380. The van der Waals surface area contributed by atoms with Gasteiger partial charge in [-0.3, -0.25) is 9.78 Å². The number of hydrogen-bond donors (Lipinski definition) is 1. The van der Waals surface area contributed by atoms with Crippen molar-refractivity contribution >= 4 is 23.2 Å². The SMILES string of the molecule is Cc1ccccc1-c1nc(C(C)(C)c2c(Cl)cc(-n3ncc(=O)[nH]c3=O)cc2Cl)no1. The van der Waals surface area contributed by atoms with Crippen LogP contribution in [0.15, 0.2) is 56.7 Å². The maximum Gasteiger partial charge on any atom is 0.349 e. The van der Waals surface area contributed by atoms with E-state index in [-0.39, 0.29) is 10.0 Å². The Kier molecular flexibility index (Phi) is 5.28. The number of aromatic amines is 1. The molecule has 158 valence electrons. The highest BCUT2D eigenvalue weighted by molar-refractivity contribution is 6.36. The highest BCUT2D eigenvalue weighted by Crippen LogP contribution is 2.41. The van der Waals surface area contributed by atoms with Gasteiger partial charge < -0.3 is 4.52 Å². The fraction of sp³-hybridized carbons (Fsp3) is 0.190. The molecule has 31 heavy (non-hydrogen) atoms. The Labute approximate surface area is 186 Å². The van der Waals surface area contributed by atoms with Crippen LogP contribution in [0.5, 0.6) is 0 Å². The summed E-state index contributed by atoms with van der Waals surface area (Å²) in [6.07, 6.45) is 0.994. The smallest absolute Gasteiger partial charge is 0.334 e. The fourth-order valence-corrected chi connectivity index (χ4v) is 4.28. The Morgan fingerprint density at radius 1 is 1.10 bits per heavy atom. The summed E-state index contributed by atoms with van der Waals surface area (Å²) in [7, 11) is 0. The molecule has 4 rings (SSSR count). The molecule has 0 saturated heterocycles. The molecule has 0 aliphatic rings. The zero-order chi connectivity index (χ0) is 22.3. The van der Waals surface area contributed by atoms with Crippen molar-refractivity contribution in [1.29, 1.82) is 0 Å². The topological polar surface area (TPSA) is 107 Å². The van der Waals surface area contributed by atoms with Crippen LogP contribution in [0.4, 0.5) is 0 Å². The Morgan fingerprint density at radius 2 is 1.77 bits per heavy atom. The maximum absolute atomic E-state index is 12.1. The molecular formula is C21H17Cl2N5O3. The molecule has 0 unspecified atom stereocenters. The Morgan fingerprint density at radius 3 is 2.42 bits per heavy atom. The monoisotopic (exact) mass is 457 g/mol.